The molecule has 1 saturated heterocycles. The summed E-state index contributed by atoms with van der Waals surface area (Å²) in [5.41, 5.74) is 0.923. The first-order chi connectivity index (χ1) is 11.6. The number of rotatable bonds is 7. The Kier molecular flexibility index (Phi) is 5.68. The zero-order valence-electron chi connectivity index (χ0n) is 14.2. The molecule has 1 aromatic carbocycles. The quantitative estimate of drug-likeness (QED) is 0.793. The maximum atomic E-state index is 13.8. The number of piperazine rings is 1. The molecule has 2 aliphatic rings. The summed E-state index contributed by atoms with van der Waals surface area (Å²) in [6.07, 6.45) is 2.99. The Morgan fingerprint density at radius 3 is 3.00 bits per heavy atom. The summed E-state index contributed by atoms with van der Waals surface area (Å²) in [5, 5.41) is 6.42. The summed E-state index contributed by atoms with van der Waals surface area (Å²) in [7, 11) is 1.47. The van der Waals surface area contributed by atoms with Crippen LogP contribution in [-0.2, 0) is 11.3 Å². The Hall–Kier alpha value is -1.66. The number of nitrogens with one attached hydrogen (secondary N) is 2. The SMILES string of the molecule is COc1ccc(CN2CCNC(CC(=O)NCC3CC3)C2)cc1F. The van der Waals surface area contributed by atoms with Crippen LogP contribution < -0.4 is 15.4 Å². The van der Waals surface area contributed by atoms with Gasteiger partial charge in [-0.15, -0.1) is 0 Å². The lowest BCUT2D eigenvalue weighted by molar-refractivity contribution is -0.121. The summed E-state index contributed by atoms with van der Waals surface area (Å²) in [6.45, 7) is 4.04. The van der Waals surface area contributed by atoms with Crippen LogP contribution in [0, 0.1) is 11.7 Å². The van der Waals surface area contributed by atoms with Crippen LogP contribution in [-0.4, -0.2) is 50.1 Å². The molecule has 132 valence electrons. The summed E-state index contributed by atoms with van der Waals surface area (Å²) in [5.74, 6) is 0.761. The van der Waals surface area contributed by atoms with E-state index in [9.17, 15) is 9.18 Å². The second kappa shape index (κ2) is 7.94. The topological polar surface area (TPSA) is 53.6 Å². The van der Waals surface area contributed by atoms with Gasteiger partial charge in [-0.3, -0.25) is 9.69 Å². The van der Waals surface area contributed by atoms with Crippen LogP contribution in [0.15, 0.2) is 18.2 Å². The number of benzene rings is 1. The fourth-order valence-corrected chi connectivity index (χ4v) is 3.12. The van der Waals surface area contributed by atoms with Gasteiger partial charge in [0, 0.05) is 45.2 Å². The number of ether oxygens (including phenoxy) is 1. The molecule has 0 bridgehead atoms. The molecule has 1 aliphatic heterocycles. The molecule has 1 aliphatic carbocycles. The summed E-state index contributed by atoms with van der Waals surface area (Å²) in [4.78, 5) is 14.3. The van der Waals surface area contributed by atoms with E-state index in [1.165, 1.54) is 26.0 Å². The fourth-order valence-electron chi connectivity index (χ4n) is 3.12. The van der Waals surface area contributed by atoms with Crippen molar-refractivity contribution < 1.29 is 13.9 Å². The van der Waals surface area contributed by atoms with E-state index in [0.29, 0.717) is 18.9 Å². The van der Waals surface area contributed by atoms with Crippen LogP contribution in [0.1, 0.15) is 24.8 Å². The van der Waals surface area contributed by atoms with Crippen LogP contribution in [0.2, 0.25) is 0 Å². The van der Waals surface area contributed by atoms with Gasteiger partial charge in [0.15, 0.2) is 11.6 Å². The molecular formula is C18H26FN3O2. The highest BCUT2D eigenvalue weighted by atomic mass is 19.1. The van der Waals surface area contributed by atoms with Crippen molar-refractivity contribution in [1.29, 1.82) is 0 Å². The van der Waals surface area contributed by atoms with Crippen molar-refractivity contribution in [2.75, 3.05) is 33.3 Å². The molecule has 2 fully saturated rings. The van der Waals surface area contributed by atoms with Gasteiger partial charge in [0.2, 0.25) is 5.91 Å². The van der Waals surface area contributed by atoms with Gasteiger partial charge in [0.05, 0.1) is 7.11 Å². The lowest BCUT2D eigenvalue weighted by Gasteiger charge is -2.33. The van der Waals surface area contributed by atoms with Crippen molar-refractivity contribution in [2.24, 2.45) is 5.92 Å². The monoisotopic (exact) mass is 335 g/mol. The second-order valence-electron chi connectivity index (χ2n) is 6.81. The van der Waals surface area contributed by atoms with E-state index in [2.05, 4.69) is 15.5 Å². The van der Waals surface area contributed by atoms with Gasteiger partial charge in [0.25, 0.3) is 0 Å². The van der Waals surface area contributed by atoms with Crippen molar-refractivity contribution in [1.82, 2.24) is 15.5 Å². The number of halogens is 1. The van der Waals surface area contributed by atoms with E-state index in [4.69, 9.17) is 4.74 Å². The summed E-state index contributed by atoms with van der Waals surface area (Å²) < 4.78 is 18.8. The van der Waals surface area contributed by atoms with E-state index < -0.39 is 0 Å². The number of carbonyl (C=O) groups excluding carboxylic acids is 1. The Morgan fingerprint density at radius 2 is 2.29 bits per heavy atom. The average Bonchev–Trinajstić information content (AvgIpc) is 3.38. The maximum Gasteiger partial charge on any atom is 0.221 e. The zero-order valence-corrected chi connectivity index (χ0v) is 14.2. The first-order valence-electron chi connectivity index (χ1n) is 8.69. The van der Waals surface area contributed by atoms with Crippen molar-refractivity contribution in [2.45, 2.75) is 31.8 Å². The number of amides is 1. The van der Waals surface area contributed by atoms with Crippen LogP contribution in [0.25, 0.3) is 0 Å². The number of hydrogen-bond donors (Lipinski definition) is 2. The van der Waals surface area contributed by atoms with Crippen LogP contribution in [0.5, 0.6) is 5.75 Å². The van der Waals surface area contributed by atoms with Crippen molar-refractivity contribution in [3.8, 4) is 5.75 Å². The fraction of sp³-hybridized carbons (Fsp3) is 0.611. The molecule has 1 atom stereocenters. The zero-order chi connectivity index (χ0) is 16.9. The lowest BCUT2D eigenvalue weighted by atomic mass is 10.1. The van der Waals surface area contributed by atoms with Crippen molar-refractivity contribution in [3.63, 3.8) is 0 Å². The van der Waals surface area contributed by atoms with E-state index in [0.717, 1.165) is 31.7 Å². The minimum Gasteiger partial charge on any atom is -0.494 e. The lowest BCUT2D eigenvalue weighted by Crippen LogP contribution is -2.51. The van der Waals surface area contributed by atoms with Gasteiger partial charge in [-0.05, 0) is 36.5 Å². The van der Waals surface area contributed by atoms with Crippen LogP contribution >= 0.6 is 0 Å². The van der Waals surface area contributed by atoms with Gasteiger partial charge >= 0.3 is 0 Å². The van der Waals surface area contributed by atoms with Crippen molar-refractivity contribution >= 4 is 5.91 Å². The van der Waals surface area contributed by atoms with E-state index >= 15 is 0 Å². The van der Waals surface area contributed by atoms with E-state index in [1.807, 2.05) is 6.07 Å². The van der Waals surface area contributed by atoms with Gasteiger partial charge in [-0.25, -0.2) is 4.39 Å². The molecule has 24 heavy (non-hydrogen) atoms. The minimum atomic E-state index is -0.332. The maximum absolute atomic E-state index is 13.8. The predicted molar refractivity (Wildman–Crippen MR) is 90.4 cm³/mol. The second-order valence-corrected chi connectivity index (χ2v) is 6.81. The number of methoxy groups -OCH3 is 1. The highest BCUT2D eigenvalue weighted by Gasteiger charge is 2.24. The normalized spacial score (nSPS) is 21.5. The van der Waals surface area contributed by atoms with Crippen molar-refractivity contribution in [3.05, 3.63) is 29.6 Å². The average molecular weight is 335 g/mol. The van der Waals surface area contributed by atoms with Gasteiger partial charge in [-0.1, -0.05) is 6.07 Å². The molecule has 0 spiro atoms. The minimum absolute atomic E-state index is 0.122. The van der Waals surface area contributed by atoms with E-state index in [1.54, 1.807) is 6.07 Å². The first-order valence-corrected chi connectivity index (χ1v) is 8.69. The van der Waals surface area contributed by atoms with E-state index in [-0.39, 0.29) is 23.5 Å². The third kappa shape index (κ3) is 4.92. The largest absolute Gasteiger partial charge is 0.494 e. The third-order valence-corrected chi connectivity index (χ3v) is 4.68. The molecule has 1 saturated carbocycles. The van der Waals surface area contributed by atoms with Gasteiger partial charge in [0.1, 0.15) is 0 Å². The Labute approximate surface area is 142 Å². The van der Waals surface area contributed by atoms with Crippen LogP contribution in [0.3, 0.4) is 0 Å². The predicted octanol–water partition coefficient (Wildman–Crippen LogP) is 1.52. The highest BCUT2D eigenvalue weighted by molar-refractivity contribution is 5.76. The molecule has 0 aromatic heterocycles. The third-order valence-electron chi connectivity index (χ3n) is 4.68. The molecule has 1 aromatic rings. The summed E-state index contributed by atoms with van der Waals surface area (Å²) in [6, 6.07) is 5.23. The number of hydrogen-bond acceptors (Lipinski definition) is 4. The Bertz CT molecular complexity index is 577. The molecule has 1 heterocycles. The first kappa shape index (κ1) is 17.2. The Balaban J connectivity index is 1.47. The summed E-state index contributed by atoms with van der Waals surface area (Å²) >= 11 is 0. The Morgan fingerprint density at radius 1 is 1.46 bits per heavy atom. The molecule has 0 radical (unpaired) electrons. The molecule has 5 nitrogen and oxygen atoms in total. The molecule has 6 heteroatoms. The number of nitrogens with zero attached hydrogens (tertiary/aromatic N) is 1. The van der Waals surface area contributed by atoms with Gasteiger partial charge < -0.3 is 15.4 Å². The molecule has 1 amide bonds. The number of carbonyl (C=O) groups is 1. The van der Waals surface area contributed by atoms with Gasteiger partial charge in [-0.2, -0.15) is 0 Å². The smallest absolute Gasteiger partial charge is 0.221 e. The molecule has 3 rings (SSSR count). The molecular weight excluding hydrogens is 309 g/mol. The van der Waals surface area contributed by atoms with Crippen LogP contribution in [0.4, 0.5) is 4.39 Å². The molecule has 2 N–H and O–H groups in total. The molecule has 1 unspecified atom stereocenters. The standard InChI is InChI=1S/C18H26FN3O2/c1-24-17-5-4-14(8-16(17)19)11-22-7-6-20-15(12-22)9-18(23)21-10-13-2-3-13/h4-5,8,13,15,20H,2-3,6-7,9-12H2,1H3,(H,21,23). The highest BCUT2D eigenvalue weighted by Crippen LogP contribution is 2.27.